The summed E-state index contributed by atoms with van der Waals surface area (Å²) in [7, 11) is 5.78. The number of amides is 1. The molecule has 0 radical (unpaired) electrons. The number of carbonyl (C=O) groups is 1. The van der Waals surface area contributed by atoms with Crippen molar-refractivity contribution >= 4 is 23.8 Å². The Morgan fingerprint density at radius 2 is 1.85 bits per heavy atom. The maximum absolute atomic E-state index is 13.0. The lowest BCUT2D eigenvalue weighted by atomic mass is 10.00. The molecule has 0 saturated carbocycles. The predicted octanol–water partition coefficient (Wildman–Crippen LogP) is 4.27. The lowest BCUT2D eigenvalue weighted by Crippen LogP contribution is -2.42. The zero-order valence-electron chi connectivity index (χ0n) is 19.6. The standard InChI is InChI=1S/C25H29N5O2S/c1-16-8-6-9-17(2)23(16)21-13-22-27-25(26-21)28-33-20-11-7-10-18(12-20)24(31)30(5)15-19(32-22)14-29(3)4/h6-13,19H,14-15H2,1-5H3,(H,26,27,28)/t19-/m1/s1. The summed E-state index contributed by atoms with van der Waals surface area (Å²) in [5.41, 5.74) is 4.78. The maximum Gasteiger partial charge on any atom is 0.253 e. The molecule has 0 aliphatic carbocycles. The second kappa shape index (κ2) is 9.80. The number of aryl methyl sites for hydroxylation is 2. The molecule has 8 heteroatoms. The van der Waals surface area contributed by atoms with E-state index in [1.54, 1.807) is 11.9 Å². The number of aromatic nitrogens is 2. The van der Waals surface area contributed by atoms with E-state index in [0.717, 1.165) is 27.3 Å². The van der Waals surface area contributed by atoms with Crippen molar-refractivity contribution in [2.24, 2.45) is 0 Å². The van der Waals surface area contributed by atoms with Crippen LogP contribution in [0, 0.1) is 13.8 Å². The number of benzene rings is 2. The van der Waals surface area contributed by atoms with Crippen LogP contribution in [-0.2, 0) is 0 Å². The Hall–Kier alpha value is -3.10. The zero-order valence-corrected chi connectivity index (χ0v) is 20.4. The van der Waals surface area contributed by atoms with Crippen LogP contribution in [0.2, 0.25) is 0 Å². The molecular weight excluding hydrogens is 434 g/mol. The molecular formula is C25H29N5O2S. The lowest BCUT2D eigenvalue weighted by Gasteiger charge is -2.27. The third-order valence-electron chi connectivity index (χ3n) is 5.46. The van der Waals surface area contributed by atoms with Crippen LogP contribution >= 0.6 is 11.9 Å². The van der Waals surface area contributed by atoms with E-state index in [0.29, 0.717) is 30.5 Å². The third-order valence-corrected chi connectivity index (χ3v) is 6.24. The van der Waals surface area contributed by atoms with Crippen molar-refractivity contribution < 1.29 is 9.53 Å². The van der Waals surface area contributed by atoms with E-state index in [-0.39, 0.29) is 12.0 Å². The number of nitrogens with zero attached hydrogens (tertiary/aromatic N) is 4. The number of fused-ring (bicyclic) bond motifs is 4. The molecule has 1 amide bonds. The fraction of sp³-hybridized carbons (Fsp3) is 0.320. The Morgan fingerprint density at radius 3 is 2.58 bits per heavy atom. The van der Waals surface area contributed by atoms with Gasteiger partial charge in [-0.15, -0.1) is 0 Å². The smallest absolute Gasteiger partial charge is 0.253 e. The van der Waals surface area contributed by atoms with Crippen LogP contribution in [0.5, 0.6) is 5.88 Å². The van der Waals surface area contributed by atoms with Crippen molar-refractivity contribution in [3.63, 3.8) is 0 Å². The number of anilines is 1. The van der Waals surface area contributed by atoms with Gasteiger partial charge in [0.05, 0.1) is 12.2 Å². The first-order valence-electron chi connectivity index (χ1n) is 10.9. The molecule has 172 valence electrons. The first-order chi connectivity index (χ1) is 15.8. The average molecular weight is 464 g/mol. The first-order valence-corrected chi connectivity index (χ1v) is 11.7. The van der Waals surface area contributed by atoms with Crippen molar-refractivity contribution in [2.45, 2.75) is 24.8 Å². The molecule has 0 saturated heterocycles. The van der Waals surface area contributed by atoms with E-state index in [4.69, 9.17) is 9.72 Å². The van der Waals surface area contributed by atoms with Gasteiger partial charge in [-0.2, -0.15) is 4.98 Å². The van der Waals surface area contributed by atoms with Gasteiger partial charge in [0.15, 0.2) is 0 Å². The van der Waals surface area contributed by atoms with Crippen LogP contribution in [0.4, 0.5) is 5.95 Å². The van der Waals surface area contributed by atoms with Crippen molar-refractivity contribution in [2.75, 3.05) is 39.0 Å². The van der Waals surface area contributed by atoms with E-state index in [1.165, 1.54) is 11.9 Å². The molecule has 4 rings (SSSR count). The maximum atomic E-state index is 13.0. The number of carbonyl (C=O) groups excluding carboxylic acids is 1. The van der Waals surface area contributed by atoms with Gasteiger partial charge in [0, 0.05) is 35.7 Å². The highest BCUT2D eigenvalue weighted by atomic mass is 32.2. The molecule has 0 unspecified atom stereocenters. The van der Waals surface area contributed by atoms with E-state index < -0.39 is 0 Å². The molecule has 2 heterocycles. The molecule has 1 aliphatic rings. The van der Waals surface area contributed by atoms with Gasteiger partial charge in [-0.3, -0.25) is 9.52 Å². The van der Waals surface area contributed by atoms with E-state index in [2.05, 4.69) is 35.7 Å². The van der Waals surface area contributed by atoms with Gasteiger partial charge in [-0.05, 0) is 69.2 Å². The molecule has 1 N–H and O–H groups in total. The van der Waals surface area contributed by atoms with Gasteiger partial charge in [-0.1, -0.05) is 24.3 Å². The molecule has 1 atom stereocenters. The van der Waals surface area contributed by atoms with E-state index >= 15 is 0 Å². The summed E-state index contributed by atoms with van der Waals surface area (Å²) < 4.78 is 9.60. The summed E-state index contributed by atoms with van der Waals surface area (Å²) in [4.78, 5) is 27.1. The number of ether oxygens (including phenoxy) is 1. The van der Waals surface area contributed by atoms with E-state index in [1.807, 2.05) is 55.4 Å². The van der Waals surface area contributed by atoms with Crippen LogP contribution in [-0.4, -0.2) is 66.0 Å². The summed E-state index contributed by atoms with van der Waals surface area (Å²) in [6.07, 6.45) is -0.265. The molecule has 7 nitrogen and oxygen atoms in total. The van der Waals surface area contributed by atoms with Gasteiger partial charge >= 0.3 is 0 Å². The minimum absolute atomic E-state index is 0.0435. The second-order valence-electron chi connectivity index (χ2n) is 8.60. The Morgan fingerprint density at radius 1 is 1.12 bits per heavy atom. The molecule has 3 aromatic rings. The number of nitrogens with one attached hydrogen (secondary N) is 1. The average Bonchev–Trinajstić information content (AvgIpc) is 2.76. The van der Waals surface area contributed by atoms with Crippen LogP contribution in [0.3, 0.4) is 0 Å². The van der Waals surface area contributed by atoms with Crippen molar-refractivity contribution in [1.29, 1.82) is 0 Å². The van der Waals surface area contributed by atoms with Gasteiger partial charge in [0.25, 0.3) is 5.91 Å². The van der Waals surface area contributed by atoms with Gasteiger partial charge in [0.1, 0.15) is 6.10 Å². The summed E-state index contributed by atoms with van der Waals surface area (Å²) in [6.45, 7) is 5.23. The SMILES string of the molecule is Cc1cccc(C)c1-c1cc2nc(n1)NSc1cccc(c1)C(=O)N(C)C[C@@H](CN(C)C)O2. The third kappa shape index (κ3) is 5.46. The second-order valence-corrected chi connectivity index (χ2v) is 9.48. The molecule has 2 aromatic carbocycles. The highest BCUT2D eigenvalue weighted by Crippen LogP contribution is 2.30. The van der Waals surface area contributed by atoms with Crippen LogP contribution in [0.1, 0.15) is 21.5 Å². The molecule has 0 fully saturated rings. The molecule has 0 spiro atoms. The minimum atomic E-state index is -0.265. The fourth-order valence-electron chi connectivity index (χ4n) is 3.99. The number of hydrogen-bond donors (Lipinski definition) is 1. The zero-order chi connectivity index (χ0) is 23.5. The Kier molecular flexibility index (Phi) is 6.85. The van der Waals surface area contributed by atoms with Crippen molar-refractivity contribution in [1.82, 2.24) is 19.8 Å². The van der Waals surface area contributed by atoms with Crippen LogP contribution in [0.15, 0.2) is 53.4 Å². The first kappa shape index (κ1) is 23.1. The summed E-state index contributed by atoms with van der Waals surface area (Å²) >= 11 is 1.37. The Balaban J connectivity index is 1.80. The fourth-order valence-corrected chi connectivity index (χ4v) is 4.63. The summed E-state index contributed by atoms with van der Waals surface area (Å²) in [5.74, 6) is 0.894. The van der Waals surface area contributed by atoms with Crippen LogP contribution in [0.25, 0.3) is 11.3 Å². The largest absolute Gasteiger partial charge is 0.471 e. The number of rotatable bonds is 3. The lowest BCUT2D eigenvalue weighted by molar-refractivity contribution is 0.0672. The normalized spacial score (nSPS) is 16.4. The van der Waals surface area contributed by atoms with Crippen molar-refractivity contribution in [3.05, 3.63) is 65.2 Å². The number of likely N-dealkylation sites (N-methyl/N-ethyl adjacent to an activating group) is 2. The Bertz CT molecular complexity index is 1150. The monoisotopic (exact) mass is 463 g/mol. The predicted molar refractivity (Wildman–Crippen MR) is 133 cm³/mol. The Labute approximate surface area is 199 Å². The summed E-state index contributed by atoms with van der Waals surface area (Å²) in [5, 5.41) is 0. The van der Waals surface area contributed by atoms with Gasteiger partial charge in [0.2, 0.25) is 11.8 Å². The molecule has 1 aromatic heterocycles. The van der Waals surface area contributed by atoms with Gasteiger partial charge < -0.3 is 14.5 Å². The topological polar surface area (TPSA) is 70.6 Å². The highest BCUT2D eigenvalue weighted by molar-refractivity contribution is 8.00. The van der Waals surface area contributed by atoms with Crippen LogP contribution < -0.4 is 9.46 Å². The number of hydrogen-bond acceptors (Lipinski definition) is 7. The molecule has 4 bridgehead atoms. The highest BCUT2D eigenvalue weighted by Gasteiger charge is 2.22. The van der Waals surface area contributed by atoms with Gasteiger partial charge in [-0.25, -0.2) is 4.98 Å². The minimum Gasteiger partial charge on any atom is -0.471 e. The molecule has 1 aliphatic heterocycles. The van der Waals surface area contributed by atoms with Crippen molar-refractivity contribution in [3.8, 4) is 17.1 Å². The summed E-state index contributed by atoms with van der Waals surface area (Å²) in [6, 6.07) is 15.6. The van der Waals surface area contributed by atoms with E-state index in [9.17, 15) is 4.79 Å². The molecule has 33 heavy (non-hydrogen) atoms. The quantitative estimate of drug-likeness (QED) is 0.582.